The van der Waals surface area contributed by atoms with Crippen molar-refractivity contribution in [3.05, 3.63) is 95.9 Å². The van der Waals surface area contributed by atoms with Crippen LogP contribution in [0.1, 0.15) is 42.0 Å². The van der Waals surface area contributed by atoms with Gasteiger partial charge in [-0.3, -0.25) is 9.36 Å². The summed E-state index contributed by atoms with van der Waals surface area (Å²) in [6.07, 6.45) is 1.75. The number of benzene rings is 2. The molecule has 2 aromatic carbocycles. The summed E-state index contributed by atoms with van der Waals surface area (Å²) in [7, 11) is 0. The van der Waals surface area contributed by atoms with E-state index in [1.807, 2.05) is 62.4 Å². The molecule has 3 aromatic rings. The van der Waals surface area contributed by atoms with Crippen LogP contribution >= 0.6 is 11.3 Å². The zero-order valence-corrected chi connectivity index (χ0v) is 21.5. The minimum absolute atomic E-state index is 0.0399. The highest BCUT2D eigenvalue weighted by molar-refractivity contribution is 7.07. The fourth-order valence-corrected chi connectivity index (χ4v) is 5.33. The van der Waals surface area contributed by atoms with E-state index in [1.54, 1.807) is 19.9 Å². The number of ether oxygens (including phenoxy) is 2. The van der Waals surface area contributed by atoms with Gasteiger partial charge < -0.3 is 15.2 Å². The maximum absolute atomic E-state index is 13.5. The molecule has 1 aliphatic heterocycles. The molecule has 0 aliphatic carbocycles. The van der Waals surface area contributed by atoms with Crippen LogP contribution in [0.5, 0.6) is 0 Å². The van der Waals surface area contributed by atoms with E-state index in [2.05, 4.69) is 0 Å². The Labute approximate surface area is 212 Å². The lowest BCUT2D eigenvalue weighted by Crippen LogP contribution is -2.42. The molecule has 186 valence electrons. The van der Waals surface area contributed by atoms with Crippen LogP contribution in [-0.2, 0) is 19.1 Å². The molecule has 0 bridgehead atoms. The van der Waals surface area contributed by atoms with Gasteiger partial charge in [-0.2, -0.15) is 0 Å². The molecule has 0 fully saturated rings. The Morgan fingerprint density at radius 2 is 1.44 bits per heavy atom. The molecule has 36 heavy (non-hydrogen) atoms. The molecule has 7 nitrogen and oxygen atoms in total. The van der Waals surface area contributed by atoms with E-state index >= 15 is 0 Å². The molecule has 0 spiro atoms. The van der Waals surface area contributed by atoms with Crippen LogP contribution in [0.4, 0.5) is 0 Å². The number of aryl methyl sites for hydroxylation is 2. The van der Waals surface area contributed by atoms with E-state index in [4.69, 9.17) is 15.2 Å². The quantitative estimate of drug-likeness (QED) is 0.518. The van der Waals surface area contributed by atoms with Crippen LogP contribution in [0.25, 0.3) is 17.5 Å². The van der Waals surface area contributed by atoms with Crippen molar-refractivity contribution >= 4 is 40.7 Å². The monoisotopic (exact) mass is 504 g/mol. The molecule has 0 amide bonds. The summed E-state index contributed by atoms with van der Waals surface area (Å²) in [5.74, 6) is -2.20. The molecular weight excluding hydrogens is 476 g/mol. The van der Waals surface area contributed by atoms with Gasteiger partial charge in [-0.1, -0.05) is 59.7 Å². The lowest BCUT2D eigenvalue weighted by Gasteiger charge is -2.27. The van der Waals surface area contributed by atoms with Gasteiger partial charge in [-0.15, -0.1) is 11.3 Å². The van der Waals surface area contributed by atoms with Gasteiger partial charge in [0.2, 0.25) is 0 Å². The maximum atomic E-state index is 13.5. The van der Waals surface area contributed by atoms with Crippen molar-refractivity contribution in [1.82, 2.24) is 4.57 Å². The van der Waals surface area contributed by atoms with E-state index < -0.39 is 23.4 Å². The van der Waals surface area contributed by atoms with Crippen LogP contribution in [0.15, 0.2) is 58.9 Å². The predicted octanol–water partition coefficient (Wildman–Crippen LogP) is 2.56. The van der Waals surface area contributed by atoms with E-state index in [0.717, 1.165) is 28.0 Å². The van der Waals surface area contributed by atoms with Gasteiger partial charge >= 0.3 is 11.9 Å². The van der Waals surface area contributed by atoms with Crippen molar-refractivity contribution in [1.29, 1.82) is 0 Å². The summed E-state index contributed by atoms with van der Waals surface area (Å²) in [4.78, 5) is 40.1. The Morgan fingerprint density at radius 1 is 0.917 bits per heavy atom. The number of carbonyl (C=O) groups excluding carboxylic acids is 2. The van der Waals surface area contributed by atoms with Gasteiger partial charge in [-0.25, -0.2) is 9.59 Å². The SMILES string of the molecule is CCOC(=O)C1=C(N)n2c(s/c(=C\c3ccc(C)cc3)c2=O)=C(C(=O)OCC)[C@H]1c1ccc(C)cc1. The molecule has 1 atom stereocenters. The molecule has 0 saturated heterocycles. The average molecular weight is 505 g/mol. The Balaban J connectivity index is 2.10. The highest BCUT2D eigenvalue weighted by Crippen LogP contribution is 2.37. The minimum Gasteiger partial charge on any atom is -0.463 e. The first-order valence-electron chi connectivity index (χ1n) is 11.7. The van der Waals surface area contributed by atoms with Crippen LogP contribution in [0.3, 0.4) is 0 Å². The van der Waals surface area contributed by atoms with Gasteiger partial charge in [-0.05, 0) is 44.9 Å². The van der Waals surface area contributed by atoms with Gasteiger partial charge in [0.15, 0.2) is 0 Å². The first kappa shape index (κ1) is 25.2. The van der Waals surface area contributed by atoms with Gasteiger partial charge in [0, 0.05) is 0 Å². The first-order valence-corrected chi connectivity index (χ1v) is 12.5. The van der Waals surface area contributed by atoms with E-state index in [1.165, 1.54) is 4.57 Å². The fraction of sp³-hybridized carbons (Fsp3) is 0.250. The Morgan fingerprint density at radius 3 is 2.00 bits per heavy atom. The fourth-order valence-electron chi connectivity index (χ4n) is 4.17. The number of fused-ring (bicyclic) bond motifs is 1. The molecule has 4 rings (SSSR count). The van der Waals surface area contributed by atoms with Crippen molar-refractivity contribution < 1.29 is 19.1 Å². The van der Waals surface area contributed by atoms with Gasteiger partial charge in [0.1, 0.15) is 10.5 Å². The Hall–Kier alpha value is -3.91. The number of rotatable bonds is 6. The van der Waals surface area contributed by atoms with E-state index in [0.29, 0.717) is 14.8 Å². The maximum Gasteiger partial charge on any atom is 0.338 e. The summed E-state index contributed by atoms with van der Waals surface area (Å²) >= 11 is 1.15. The Kier molecular flexibility index (Phi) is 7.26. The van der Waals surface area contributed by atoms with Crippen LogP contribution in [0, 0.1) is 13.8 Å². The second-order valence-corrected chi connectivity index (χ2v) is 9.49. The van der Waals surface area contributed by atoms with Crippen molar-refractivity contribution in [2.24, 2.45) is 5.73 Å². The van der Waals surface area contributed by atoms with Crippen molar-refractivity contribution in [3.63, 3.8) is 0 Å². The number of esters is 2. The molecule has 0 radical (unpaired) electrons. The van der Waals surface area contributed by atoms with Crippen LogP contribution in [-0.4, -0.2) is 29.7 Å². The van der Waals surface area contributed by atoms with E-state index in [9.17, 15) is 14.4 Å². The number of hydrogen-bond donors (Lipinski definition) is 1. The normalized spacial score (nSPS) is 15.6. The molecule has 2 N–H and O–H groups in total. The van der Waals surface area contributed by atoms with Crippen molar-refractivity contribution in [2.75, 3.05) is 13.2 Å². The predicted molar refractivity (Wildman–Crippen MR) is 141 cm³/mol. The highest BCUT2D eigenvalue weighted by Gasteiger charge is 2.39. The minimum atomic E-state index is -0.853. The number of nitrogens with zero attached hydrogens (tertiary/aromatic N) is 1. The molecule has 2 heterocycles. The van der Waals surface area contributed by atoms with E-state index in [-0.39, 0.29) is 30.2 Å². The third-order valence-electron chi connectivity index (χ3n) is 5.92. The average Bonchev–Trinajstić information content (AvgIpc) is 3.17. The summed E-state index contributed by atoms with van der Waals surface area (Å²) in [5, 5.41) is 0. The summed E-state index contributed by atoms with van der Waals surface area (Å²) in [6.45, 7) is 7.57. The number of thiazole rings is 1. The summed E-state index contributed by atoms with van der Waals surface area (Å²) < 4.78 is 12.7. The van der Waals surface area contributed by atoms with Gasteiger partial charge in [0.05, 0.1) is 34.8 Å². The van der Waals surface area contributed by atoms with Crippen LogP contribution < -0.4 is 20.5 Å². The Bertz CT molecular complexity index is 1530. The smallest absolute Gasteiger partial charge is 0.338 e. The molecular formula is C28H28N2O5S. The molecule has 1 aliphatic rings. The number of aromatic nitrogens is 1. The topological polar surface area (TPSA) is 101 Å². The standard InChI is InChI=1S/C28H28N2O5S/c1-5-34-27(32)22-21(19-13-9-17(4)10-14-19)23(28(33)35-6-2)26-30(24(22)29)25(31)20(36-26)15-18-11-7-16(3)8-12-18/h7-15,21H,5-6,29H2,1-4H3/b20-15-/t21-/m0/s1. The van der Waals surface area contributed by atoms with Gasteiger partial charge in [0.25, 0.3) is 5.56 Å². The second-order valence-electron chi connectivity index (χ2n) is 8.46. The van der Waals surface area contributed by atoms with Crippen LogP contribution in [0.2, 0.25) is 0 Å². The zero-order chi connectivity index (χ0) is 26.0. The first-order chi connectivity index (χ1) is 17.3. The molecule has 0 unspecified atom stereocenters. The zero-order valence-electron chi connectivity index (χ0n) is 20.7. The lowest BCUT2D eigenvalue weighted by molar-refractivity contribution is -0.138. The number of carbonyl (C=O) groups is 2. The molecule has 1 aromatic heterocycles. The second kappa shape index (κ2) is 10.4. The number of nitrogens with two attached hydrogens (primary N) is 1. The third-order valence-corrected chi connectivity index (χ3v) is 7.03. The largest absolute Gasteiger partial charge is 0.463 e. The van der Waals surface area contributed by atoms with Crippen molar-refractivity contribution in [2.45, 2.75) is 33.6 Å². The molecule has 8 heteroatoms. The molecule has 0 saturated carbocycles. The highest BCUT2D eigenvalue weighted by atomic mass is 32.1. The summed E-state index contributed by atoms with van der Waals surface area (Å²) in [5.41, 5.74) is 9.94. The summed E-state index contributed by atoms with van der Waals surface area (Å²) in [6, 6.07) is 15.2. The van der Waals surface area contributed by atoms with Crippen molar-refractivity contribution in [3.8, 4) is 0 Å². The number of hydrogen-bond acceptors (Lipinski definition) is 7. The third kappa shape index (κ3) is 4.64. The lowest BCUT2D eigenvalue weighted by atomic mass is 9.83.